The minimum Gasteiger partial charge on any atom is -0.378 e. The zero-order valence-electron chi connectivity index (χ0n) is 9.20. The molecule has 0 saturated carbocycles. The molecule has 0 radical (unpaired) electrons. The highest BCUT2D eigenvalue weighted by Crippen LogP contribution is 2.23. The van der Waals surface area contributed by atoms with Crippen molar-refractivity contribution in [2.24, 2.45) is 0 Å². The molecule has 0 aliphatic rings. The van der Waals surface area contributed by atoms with Crippen LogP contribution in [0.4, 0.5) is 10.1 Å². The summed E-state index contributed by atoms with van der Waals surface area (Å²) in [5, 5.41) is 3.32. The van der Waals surface area contributed by atoms with Crippen LogP contribution in [0.2, 0.25) is 0 Å². The first-order chi connectivity index (χ1) is 7.66. The van der Waals surface area contributed by atoms with E-state index >= 15 is 0 Å². The normalized spacial score (nSPS) is 12.4. The van der Waals surface area contributed by atoms with Gasteiger partial charge in [0.15, 0.2) is 0 Å². The zero-order valence-corrected chi connectivity index (χ0v) is 10.0. The molecular formula is C12H13FN2S. The van der Waals surface area contributed by atoms with Crippen LogP contribution in [0.25, 0.3) is 0 Å². The first-order valence-corrected chi connectivity index (χ1v) is 5.96. The van der Waals surface area contributed by atoms with Crippen LogP contribution in [0.5, 0.6) is 0 Å². The Kier molecular flexibility index (Phi) is 3.19. The predicted molar refractivity (Wildman–Crippen MR) is 65.3 cm³/mol. The molecule has 4 heteroatoms. The highest BCUT2D eigenvalue weighted by Gasteiger charge is 2.07. The Bertz CT molecular complexity index is 468. The summed E-state index contributed by atoms with van der Waals surface area (Å²) in [7, 11) is 0. The molecule has 2 nitrogen and oxygen atoms in total. The number of nitrogens with one attached hydrogen (secondary N) is 1. The number of anilines is 1. The summed E-state index contributed by atoms with van der Waals surface area (Å²) in [5.74, 6) is -0.170. The summed E-state index contributed by atoms with van der Waals surface area (Å²) in [6.07, 6.45) is 1.85. The van der Waals surface area contributed by atoms with E-state index in [9.17, 15) is 4.39 Å². The molecule has 0 saturated heterocycles. The van der Waals surface area contributed by atoms with Gasteiger partial charge in [0.25, 0.3) is 0 Å². The maximum Gasteiger partial charge on any atom is 0.126 e. The number of aromatic nitrogens is 1. The highest BCUT2D eigenvalue weighted by molar-refractivity contribution is 7.09. The van der Waals surface area contributed by atoms with Crippen LogP contribution in [-0.2, 0) is 0 Å². The number of benzene rings is 1. The summed E-state index contributed by atoms with van der Waals surface area (Å²) in [4.78, 5) is 5.20. The van der Waals surface area contributed by atoms with E-state index in [2.05, 4.69) is 17.2 Å². The Morgan fingerprint density at radius 1 is 1.44 bits per heavy atom. The van der Waals surface area contributed by atoms with Gasteiger partial charge in [-0.1, -0.05) is 0 Å². The van der Waals surface area contributed by atoms with E-state index < -0.39 is 0 Å². The molecule has 1 aromatic carbocycles. The predicted octanol–water partition coefficient (Wildman–Crippen LogP) is 3.76. The third-order valence-corrected chi connectivity index (χ3v) is 3.38. The molecule has 1 N–H and O–H groups in total. The number of hydrogen-bond donors (Lipinski definition) is 1. The van der Waals surface area contributed by atoms with Gasteiger partial charge in [-0.3, -0.25) is 4.98 Å². The molecular weight excluding hydrogens is 223 g/mol. The van der Waals surface area contributed by atoms with Crippen molar-refractivity contribution in [1.29, 1.82) is 0 Å². The van der Waals surface area contributed by atoms with Crippen molar-refractivity contribution in [3.05, 3.63) is 46.2 Å². The molecule has 2 aromatic rings. The van der Waals surface area contributed by atoms with Crippen LogP contribution in [0.3, 0.4) is 0 Å². The van der Waals surface area contributed by atoms with Gasteiger partial charge < -0.3 is 5.32 Å². The van der Waals surface area contributed by atoms with Crippen molar-refractivity contribution >= 4 is 17.0 Å². The number of nitrogens with zero attached hydrogens (tertiary/aromatic N) is 1. The van der Waals surface area contributed by atoms with Crippen LogP contribution in [-0.4, -0.2) is 4.98 Å². The SMILES string of the molecule is Cc1cc(NC(C)c2cncs2)ccc1F. The lowest BCUT2D eigenvalue weighted by Crippen LogP contribution is -2.05. The molecule has 0 amide bonds. The molecule has 2 rings (SSSR count). The Balaban J connectivity index is 2.12. The van der Waals surface area contributed by atoms with Crippen LogP contribution in [0.1, 0.15) is 23.4 Å². The Labute approximate surface area is 98.2 Å². The third-order valence-electron chi connectivity index (χ3n) is 2.42. The smallest absolute Gasteiger partial charge is 0.126 e. The first kappa shape index (κ1) is 11.1. The lowest BCUT2D eigenvalue weighted by atomic mass is 10.2. The fourth-order valence-corrected chi connectivity index (χ4v) is 2.12. The molecule has 1 atom stereocenters. The van der Waals surface area contributed by atoms with Crippen molar-refractivity contribution in [3.8, 4) is 0 Å². The number of aryl methyl sites for hydroxylation is 1. The van der Waals surface area contributed by atoms with Gasteiger partial charge in [0, 0.05) is 16.8 Å². The molecule has 16 heavy (non-hydrogen) atoms. The number of rotatable bonds is 3. The standard InChI is InChI=1S/C12H13FN2S/c1-8-5-10(3-4-11(8)13)15-9(2)12-6-14-7-16-12/h3-7,9,15H,1-2H3. The van der Waals surface area contributed by atoms with Crippen LogP contribution in [0, 0.1) is 12.7 Å². The topological polar surface area (TPSA) is 24.9 Å². The average molecular weight is 236 g/mol. The van der Waals surface area contributed by atoms with E-state index in [0.29, 0.717) is 5.56 Å². The molecule has 1 aromatic heterocycles. The monoisotopic (exact) mass is 236 g/mol. The van der Waals surface area contributed by atoms with Gasteiger partial charge in [0.05, 0.1) is 11.6 Å². The van der Waals surface area contributed by atoms with E-state index in [1.165, 1.54) is 10.9 Å². The summed E-state index contributed by atoms with van der Waals surface area (Å²) < 4.78 is 13.1. The van der Waals surface area contributed by atoms with Crippen molar-refractivity contribution in [1.82, 2.24) is 4.98 Å². The van der Waals surface area contributed by atoms with Crippen molar-refractivity contribution < 1.29 is 4.39 Å². The quantitative estimate of drug-likeness (QED) is 0.877. The van der Waals surface area contributed by atoms with Crippen LogP contribution in [0.15, 0.2) is 29.9 Å². The lowest BCUT2D eigenvalue weighted by molar-refractivity contribution is 0.618. The zero-order chi connectivity index (χ0) is 11.5. The summed E-state index contributed by atoms with van der Waals surface area (Å²) in [6.45, 7) is 3.82. The fraction of sp³-hybridized carbons (Fsp3) is 0.250. The molecule has 0 bridgehead atoms. The average Bonchev–Trinajstić information content (AvgIpc) is 2.77. The molecule has 1 unspecified atom stereocenters. The van der Waals surface area contributed by atoms with Crippen molar-refractivity contribution in [2.45, 2.75) is 19.9 Å². The van der Waals surface area contributed by atoms with E-state index in [4.69, 9.17) is 0 Å². The van der Waals surface area contributed by atoms with Gasteiger partial charge in [0.1, 0.15) is 5.82 Å². The highest BCUT2D eigenvalue weighted by atomic mass is 32.1. The number of thiazole rings is 1. The van der Waals surface area contributed by atoms with E-state index in [-0.39, 0.29) is 11.9 Å². The molecule has 1 heterocycles. The molecule has 0 aliphatic carbocycles. The second-order valence-corrected chi connectivity index (χ2v) is 4.65. The Morgan fingerprint density at radius 2 is 2.25 bits per heavy atom. The maximum atomic E-state index is 13.1. The number of halogens is 1. The van der Waals surface area contributed by atoms with Crippen LogP contribution >= 0.6 is 11.3 Å². The van der Waals surface area contributed by atoms with Gasteiger partial charge in [-0.15, -0.1) is 11.3 Å². The van der Waals surface area contributed by atoms with Gasteiger partial charge in [-0.25, -0.2) is 4.39 Å². The maximum absolute atomic E-state index is 13.1. The van der Waals surface area contributed by atoms with E-state index in [1.807, 2.05) is 17.8 Å². The second kappa shape index (κ2) is 4.61. The molecule has 0 spiro atoms. The fourth-order valence-electron chi connectivity index (χ4n) is 1.50. The molecule has 0 aliphatic heterocycles. The first-order valence-electron chi connectivity index (χ1n) is 5.08. The van der Waals surface area contributed by atoms with Gasteiger partial charge in [0.2, 0.25) is 0 Å². The second-order valence-electron chi connectivity index (χ2n) is 3.73. The minimum absolute atomic E-state index is 0.170. The lowest BCUT2D eigenvalue weighted by Gasteiger charge is -2.13. The minimum atomic E-state index is -0.170. The number of hydrogen-bond acceptors (Lipinski definition) is 3. The summed E-state index contributed by atoms with van der Waals surface area (Å²) >= 11 is 1.61. The van der Waals surface area contributed by atoms with Crippen molar-refractivity contribution in [2.75, 3.05) is 5.32 Å². The van der Waals surface area contributed by atoms with Crippen LogP contribution < -0.4 is 5.32 Å². The van der Waals surface area contributed by atoms with Crippen molar-refractivity contribution in [3.63, 3.8) is 0 Å². The van der Waals surface area contributed by atoms with E-state index in [0.717, 1.165) is 5.69 Å². The van der Waals surface area contributed by atoms with E-state index in [1.54, 1.807) is 24.3 Å². The van der Waals surface area contributed by atoms with Gasteiger partial charge in [-0.2, -0.15) is 0 Å². The Hall–Kier alpha value is -1.42. The Morgan fingerprint density at radius 3 is 2.88 bits per heavy atom. The molecule has 0 fully saturated rings. The molecule has 84 valence electrons. The summed E-state index contributed by atoms with van der Waals surface area (Å²) in [5.41, 5.74) is 3.39. The third kappa shape index (κ3) is 2.39. The largest absolute Gasteiger partial charge is 0.378 e. The summed E-state index contributed by atoms with van der Waals surface area (Å²) in [6, 6.07) is 5.24. The van der Waals surface area contributed by atoms with Gasteiger partial charge in [-0.05, 0) is 37.6 Å². The van der Waals surface area contributed by atoms with Gasteiger partial charge >= 0.3 is 0 Å².